The van der Waals surface area contributed by atoms with Crippen molar-refractivity contribution in [3.8, 4) is 0 Å². The van der Waals surface area contributed by atoms with E-state index in [0.29, 0.717) is 5.92 Å². The molecule has 242 valence electrons. The molecule has 7 aromatic rings. The van der Waals surface area contributed by atoms with Crippen LogP contribution >= 0.6 is 0 Å². The molecule has 0 atom stereocenters. The highest BCUT2D eigenvalue weighted by Gasteiger charge is 2.13. The molecule has 0 N–H and O–H groups in total. The molecule has 7 rings (SSSR count). The highest BCUT2D eigenvalue weighted by atomic mass is 15.1. The summed E-state index contributed by atoms with van der Waals surface area (Å²) in [6, 6.07) is 56.4. The Balaban J connectivity index is 1.09. The predicted molar refractivity (Wildman–Crippen MR) is 219 cm³/mol. The Bertz CT molecular complexity index is 2160. The first kappa shape index (κ1) is 32.4. The van der Waals surface area contributed by atoms with E-state index in [-0.39, 0.29) is 0 Å². The molecule has 7 aromatic carbocycles. The maximum Gasteiger partial charge on any atom is 0.0462 e. The molecule has 0 bridgehead atoms. The lowest BCUT2D eigenvalue weighted by molar-refractivity contribution is 0.866. The van der Waals surface area contributed by atoms with Crippen molar-refractivity contribution >= 4 is 62.9 Å². The summed E-state index contributed by atoms with van der Waals surface area (Å²) in [6.45, 7) is 4.47. The topological polar surface area (TPSA) is 3.24 Å². The van der Waals surface area contributed by atoms with Gasteiger partial charge in [0.2, 0.25) is 0 Å². The summed E-state index contributed by atoms with van der Waals surface area (Å²) < 4.78 is 0. The lowest BCUT2D eigenvalue weighted by Crippen LogP contribution is -2.10. The summed E-state index contributed by atoms with van der Waals surface area (Å²) in [5, 5.41) is 5.05. The maximum atomic E-state index is 2.33. The van der Waals surface area contributed by atoms with Crippen molar-refractivity contribution in [3.63, 3.8) is 0 Å². The van der Waals surface area contributed by atoms with Gasteiger partial charge in [0, 0.05) is 17.1 Å². The highest BCUT2D eigenvalue weighted by Crippen LogP contribution is 2.35. The first-order valence-electron chi connectivity index (χ1n) is 17.4. The number of nitrogens with zero attached hydrogens (tertiary/aromatic N) is 1. The van der Waals surface area contributed by atoms with Crippen LogP contribution < -0.4 is 4.90 Å². The quantitative estimate of drug-likeness (QED) is 0.134. The molecule has 0 saturated heterocycles. The number of fused-ring (bicyclic) bond motifs is 2. The average Bonchev–Trinajstić information content (AvgIpc) is 3.16. The number of benzene rings is 7. The van der Waals surface area contributed by atoms with Crippen LogP contribution in [0.4, 0.5) is 17.1 Å². The van der Waals surface area contributed by atoms with Crippen molar-refractivity contribution in [2.45, 2.75) is 19.8 Å². The van der Waals surface area contributed by atoms with Gasteiger partial charge in [-0.25, -0.2) is 0 Å². The molecule has 1 nitrogen and oxygen atoms in total. The fourth-order valence-electron chi connectivity index (χ4n) is 6.37. The van der Waals surface area contributed by atoms with Crippen LogP contribution in [0.5, 0.6) is 0 Å². The van der Waals surface area contributed by atoms with E-state index < -0.39 is 0 Å². The molecule has 0 spiro atoms. The van der Waals surface area contributed by atoms with Crippen LogP contribution in [0.15, 0.2) is 182 Å². The molecule has 0 radical (unpaired) electrons. The first-order chi connectivity index (χ1) is 24.6. The lowest BCUT2D eigenvalue weighted by atomic mass is 10.0. The number of rotatable bonds is 10. The van der Waals surface area contributed by atoms with Crippen LogP contribution in [0.25, 0.3) is 45.8 Å². The summed E-state index contributed by atoms with van der Waals surface area (Å²) in [6.07, 6.45) is 17.1. The molecule has 1 heteroatoms. The molecule has 0 aliphatic carbocycles. The van der Waals surface area contributed by atoms with Crippen LogP contribution in [-0.2, 0) is 0 Å². The Hall–Kier alpha value is -6.18. The SMILES string of the molecule is CC(C)c1ccc(N(c2ccc(C=CC=Cc3cccc4ccccc34)cc2)c2ccc(C=CC=Cc3cccc4ccccc34)cc2)cc1. The van der Waals surface area contributed by atoms with Crippen LogP contribution in [0.1, 0.15) is 47.6 Å². The molecule has 0 aromatic heterocycles. The van der Waals surface area contributed by atoms with E-state index in [4.69, 9.17) is 0 Å². The second kappa shape index (κ2) is 15.4. The van der Waals surface area contributed by atoms with Gasteiger partial charge in [-0.1, -0.05) is 184 Å². The van der Waals surface area contributed by atoms with Crippen molar-refractivity contribution < 1.29 is 0 Å². The maximum absolute atomic E-state index is 2.33. The van der Waals surface area contributed by atoms with E-state index in [2.05, 4.69) is 225 Å². The van der Waals surface area contributed by atoms with Gasteiger partial charge in [-0.3, -0.25) is 0 Å². The zero-order valence-electron chi connectivity index (χ0n) is 28.7. The number of anilines is 3. The van der Waals surface area contributed by atoms with Crippen LogP contribution in [0.3, 0.4) is 0 Å². The van der Waals surface area contributed by atoms with Crippen LogP contribution in [0, 0.1) is 0 Å². The Morgan fingerprint density at radius 3 is 1.20 bits per heavy atom. The van der Waals surface area contributed by atoms with Gasteiger partial charge in [0.15, 0.2) is 0 Å². The molecule has 0 saturated carbocycles. The second-order valence-electron chi connectivity index (χ2n) is 12.8. The summed E-state index contributed by atoms with van der Waals surface area (Å²) in [5.74, 6) is 0.485. The molecular formula is C49H41N. The lowest BCUT2D eigenvalue weighted by Gasteiger charge is -2.26. The summed E-state index contributed by atoms with van der Waals surface area (Å²) in [4.78, 5) is 2.33. The van der Waals surface area contributed by atoms with Crippen LogP contribution in [-0.4, -0.2) is 0 Å². The fourth-order valence-corrected chi connectivity index (χ4v) is 6.37. The van der Waals surface area contributed by atoms with Gasteiger partial charge in [0.25, 0.3) is 0 Å². The zero-order chi connectivity index (χ0) is 34.1. The van der Waals surface area contributed by atoms with Gasteiger partial charge >= 0.3 is 0 Å². The molecule has 0 aliphatic heterocycles. The highest BCUT2D eigenvalue weighted by molar-refractivity contribution is 5.91. The first-order valence-corrected chi connectivity index (χ1v) is 17.4. The van der Waals surface area contributed by atoms with Gasteiger partial charge in [0.05, 0.1) is 0 Å². The van der Waals surface area contributed by atoms with E-state index >= 15 is 0 Å². The number of hydrogen-bond donors (Lipinski definition) is 0. The van der Waals surface area contributed by atoms with Gasteiger partial charge < -0.3 is 4.90 Å². The molecule has 0 heterocycles. The predicted octanol–water partition coefficient (Wildman–Crippen LogP) is 14.0. The summed E-state index contributed by atoms with van der Waals surface area (Å²) in [5.41, 5.74) is 9.47. The molecule has 0 unspecified atom stereocenters. The van der Waals surface area contributed by atoms with Crippen molar-refractivity contribution in [3.05, 3.63) is 210 Å². The molecular weight excluding hydrogens is 603 g/mol. The summed E-state index contributed by atoms with van der Waals surface area (Å²) >= 11 is 0. The summed E-state index contributed by atoms with van der Waals surface area (Å²) in [7, 11) is 0. The molecule has 0 aliphatic rings. The van der Waals surface area contributed by atoms with E-state index in [1.54, 1.807) is 0 Å². The van der Waals surface area contributed by atoms with Gasteiger partial charge in [-0.2, -0.15) is 0 Å². The molecule has 50 heavy (non-hydrogen) atoms. The van der Waals surface area contributed by atoms with Gasteiger partial charge in [-0.15, -0.1) is 0 Å². The normalized spacial score (nSPS) is 12.1. The Labute approximate surface area is 296 Å². The van der Waals surface area contributed by atoms with Crippen LogP contribution in [0.2, 0.25) is 0 Å². The third-order valence-electron chi connectivity index (χ3n) is 9.12. The third-order valence-corrected chi connectivity index (χ3v) is 9.12. The van der Waals surface area contributed by atoms with E-state index in [9.17, 15) is 0 Å². The Morgan fingerprint density at radius 2 is 0.760 bits per heavy atom. The minimum Gasteiger partial charge on any atom is -0.311 e. The minimum absolute atomic E-state index is 0.485. The monoisotopic (exact) mass is 643 g/mol. The van der Waals surface area contributed by atoms with Crippen molar-refractivity contribution in [2.24, 2.45) is 0 Å². The minimum atomic E-state index is 0.485. The number of hydrogen-bond acceptors (Lipinski definition) is 1. The number of allylic oxidation sites excluding steroid dienone is 4. The molecule has 0 fully saturated rings. The van der Waals surface area contributed by atoms with E-state index in [1.807, 2.05) is 0 Å². The molecule has 0 amide bonds. The van der Waals surface area contributed by atoms with Crippen molar-refractivity contribution in [1.29, 1.82) is 0 Å². The third kappa shape index (κ3) is 7.59. The smallest absolute Gasteiger partial charge is 0.0462 e. The van der Waals surface area contributed by atoms with Crippen molar-refractivity contribution in [1.82, 2.24) is 0 Å². The van der Waals surface area contributed by atoms with Gasteiger partial charge in [-0.05, 0) is 91.7 Å². The Kier molecular flexibility index (Phi) is 9.95. The second-order valence-corrected chi connectivity index (χ2v) is 12.8. The van der Waals surface area contributed by atoms with Crippen molar-refractivity contribution in [2.75, 3.05) is 4.90 Å². The van der Waals surface area contributed by atoms with E-state index in [1.165, 1.54) is 38.2 Å². The largest absolute Gasteiger partial charge is 0.311 e. The average molecular weight is 644 g/mol. The van der Waals surface area contributed by atoms with Gasteiger partial charge in [0.1, 0.15) is 0 Å². The fraction of sp³-hybridized carbons (Fsp3) is 0.0612. The zero-order valence-corrected chi connectivity index (χ0v) is 28.7. The van der Waals surface area contributed by atoms with E-state index in [0.717, 1.165) is 28.2 Å². The Morgan fingerprint density at radius 1 is 0.380 bits per heavy atom. The standard InChI is InChI=1S/C49H41N/c1-37(2)40-29-35-47(36-30-40)50(45-31-25-38(26-32-45)13-3-5-15-41-19-11-21-43-17-7-9-23-48(41)43)46-33-27-39(28-34-46)14-4-6-16-42-20-12-22-44-18-8-10-24-49(42)44/h3-37H,1-2H3.